The van der Waals surface area contributed by atoms with Gasteiger partial charge in [0.15, 0.2) is 5.65 Å². The Labute approximate surface area is 125 Å². The number of carbonyl (C=O) groups excluding carboxylic acids is 1. The molecule has 0 aliphatic heterocycles. The predicted octanol–water partition coefficient (Wildman–Crippen LogP) is 2.43. The SMILES string of the molecule is O=C(C=Cc1n[nH]c2ncccc12)NCc1ccc(F)cc1. The van der Waals surface area contributed by atoms with Crippen molar-refractivity contribution in [3.63, 3.8) is 0 Å². The molecule has 110 valence electrons. The summed E-state index contributed by atoms with van der Waals surface area (Å²) in [6.45, 7) is 0.340. The minimum absolute atomic E-state index is 0.246. The van der Waals surface area contributed by atoms with Gasteiger partial charge in [0.2, 0.25) is 5.91 Å². The van der Waals surface area contributed by atoms with Gasteiger partial charge < -0.3 is 5.32 Å². The Balaban J connectivity index is 1.62. The van der Waals surface area contributed by atoms with Gasteiger partial charge in [0.05, 0.1) is 5.69 Å². The van der Waals surface area contributed by atoms with Gasteiger partial charge >= 0.3 is 0 Å². The van der Waals surface area contributed by atoms with Crippen molar-refractivity contribution in [3.8, 4) is 0 Å². The molecule has 3 rings (SSSR count). The number of benzene rings is 1. The molecule has 1 amide bonds. The Morgan fingerprint density at radius 3 is 2.91 bits per heavy atom. The quantitative estimate of drug-likeness (QED) is 0.726. The minimum atomic E-state index is -0.297. The maximum absolute atomic E-state index is 12.8. The number of fused-ring (bicyclic) bond motifs is 1. The highest BCUT2D eigenvalue weighted by atomic mass is 19.1. The number of rotatable bonds is 4. The smallest absolute Gasteiger partial charge is 0.244 e. The summed E-state index contributed by atoms with van der Waals surface area (Å²) in [6.07, 6.45) is 4.70. The Morgan fingerprint density at radius 1 is 1.27 bits per heavy atom. The van der Waals surface area contributed by atoms with Crippen molar-refractivity contribution in [3.05, 3.63) is 65.7 Å². The molecule has 0 unspecified atom stereocenters. The fourth-order valence-electron chi connectivity index (χ4n) is 2.01. The van der Waals surface area contributed by atoms with Crippen LogP contribution in [-0.2, 0) is 11.3 Å². The summed E-state index contributed by atoms with van der Waals surface area (Å²) in [5, 5.41) is 10.5. The molecule has 2 N–H and O–H groups in total. The zero-order chi connectivity index (χ0) is 15.4. The van der Waals surface area contributed by atoms with Crippen LogP contribution in [-0.4, -0.2) is 21.1 Å². The lowest BCUT2D eigenvalue weighted by Crippen LogP contribution is -2.20. The third-order valence-corrected chi connectivity index (χ3v) is 3.14. The van der Waals surface area contributed by atoms with E-state index in [1.54, 1.807) is 24.4 Å². The lowest BCUT2D eigenvalue weighted by Gasteiger charge is -2.02. The Morgan fingerprint density at radius 2 is 2.09 bits per heavy atom. The number of carbonyl (C=O) groups is 1. The maximum atomic E-state index is 12.8. The van der Waals surface area contributed by atoms with Crippen LogP contribution >= 0.6 is 0 Å². The molecule has 0 saturated carbocycles. The van der Waals surface area contributed by atoms with Gasteiger partial charge in [-0.1, -0.05) is 12.1 Å². The number of aromatic nitrogens is 3. The summed E-state index contributed by atoms with van der Waals surface area (Å²) in [5.74, 6) is -0.543. The zero-order valence-corrected chi connectivity index (χ0v) is 11.6. The van der Waals surface area contributed by atoms with E-state index in [-0.39, 0.29) is 11.7 Å². The standard InChI is InChI=1S/C16H13FN4O/c17-12-5-3-11(4-6-12)10-19-15(22)8-7-14-13-2-1-9-18-16(13)21-20-14/h1-9H,10H2,(H,19,22)(H,18,20,21). The number of amides is 1. The first kappa shape index (κ1) is 13.9. The third-order valence-electron chi connectivity index (χ3n) is 3.14. The number of hydrogen-bond acceptors (Lipinski definition) is 3. The largest absolute Gasteiger partial charge is 0.348 e. The summed E-state index contributed by atoms with van der Waals surface area (Å²) in [7, 11) is 0. The molecule has 3 aromatic rings. The molecule has 0 aliphatic rings. The van der Waals surface area contributed by atoms with Crippen molar-refractivity contribution in [2.45, 2.75) is 6.54 Å². The van der Waals surface area contributed by atoms with Gasteiger partial charge in [0.1, 0.15) is 5.82 Å². The van der Waals surface area contributed by atoms with Gasteiger partial charge in [0, 0.05) is 24.2 Å². The van der Waals surface area contributed by atoms with E-state index in [4.69, 9.17) is 0 Å². The van der Waals surface area contributed by atoms with Crippen LogP contribution in [0.1, 0.15) is 11.3 Å². The maximum Gasteiger partial charge on any atom is 0.244 e. The molecule has 22 heavy (non-hydrogen) atoms. The fraction of sp³-hybridized carbons (Fsp3) is 0.0625. The van der Waals surface area contributed by atoms with Crippen LogP contribution in [0.5, 0.6) is 0 Å². The molecule has 2 aromatic heterocycles. The van der Waals surface area contributed by atoms with Crippen LogP contribution < -0.4 is 5.32 Å². The topological polar surface area (TPSA) is 70.7 Å². The van der Waals surface area contributed by atoms with E-state index in [0.717, 1.165) is 10.9 Å². The zero-order valence-electron chi connectivity index (χ0n) is 11.6. The average molecular weight is 296 g/mol. The lowest BCUT2D eigenvalue weighted by atomic mass is 10.2. The molecule has 0 spiro atoms. The molecule has 0 fully saturated rings. The molecule has 0 bridgehead atoms. The Kier molecular flexibility index (Phi) is 3.91. The van der Waals surface area contributed by atoms with Crippen LogP contribution in [0.25, 0.3) is 17.1 Å². The van der Waals surface area contributed by atoms with Crippen molar-refractivity contribution in [1.29, 1.82) is 0 Å². The summed E-state index contributed by atoms with van der Waals surface area (Å²) < 4.78 is 12.8. The first-order valence-corrected chi connectivity index (χ1v) is 6.72. The van der Waals surface area contributed by atoms with Crippen molar-refractivity contribution >= 4 is 23.0 Å². The number of nitrogens with zero attached hydrogens (tertiary/aromatic N) is 2. The van der Waals surface area contributed by atoms with Gasteiger partial charge in [-0.3, -0.25) is 9.89 Å². The number of aromatic amines is 1. The normalized spacial score (nSPS) is 11.1. The van der Waals surface area contributed by atoms with Crippen molar-refractivity contribution in [2.75, 3.05) is 0 Å². The first-order chi connectivity index (χ1) is 10.7. The third kappa shape index (κ3) is 3.17. The molecular formula is C16H13FN4O. The molecule has 0 atom stereocenters. The van der Waals surface area contributed by atoms with E-state index in [9.17, 15) is 9.18 Å². The second kappa shape index (κ2) is 6.17. The van der Waals surface area contributed by atoms with E-state index in [0.29, 0.717) is 17.9 Å². The highest BCUT2D eigenvalue weighted by molar-refractivity contribution is 5.94. The molecule has 0 radical (unpaired) electrons. The van der Waals surface area contributed by atoms with E-state index >= 15 is 0 Å². The molecule has 0 aliphatic carbocycles. The van der Waals surface area contributed by atoms with Crippen molar-refractivity contribution in [2.24, 2.45) is 0 Å². The predicted molar refractivity (Wildman–Crippen MR) is 81.2 cm³/mol. The molecule has 0 saturated heterocycles. The molecule has 6 heteroatoms. The fourth-order valence-corrected chi connectivity index (χ4v) is 2.01. The number of pyridine rings is 1. The highest BCUT2D eigenvalue weighted by Crippen LogP contribution is 2.13. The molecule has 1 aromatic carbocycles. The molecular weight excluding hydrogens is 283 g/mol. The second-order valence-corrected chi connectivity index (χ2v) is 4.69. The summed E-state index contributed by atoms with van der Waals surface area (Å²) >= 11 is 0. The van der Waals surface area contributed by atoms with Crippen molar-refractivity contribution < 1.29 is 9.18 Å². The molecule has 5 nitrogen and oxygen atoms in total. The summed E-state index contributed by atoms with van der Waals surface area (Å²) in [6, 6.07) is 9.67. The summed E-state index contributed by atoms with van der Waals surface area (Å²) in [5.41, 5.74) is 2.16. The van der Waals surface area contributed by atoms with Crippen LogP contribution in [0.3, 0.4) is 0 Å². The Hall–Kier alpha value is -3.02. The summed E-state index contributed by atoms with van der Waals surface area (Å²) in [4.78, 5) is 15.9. The van der Waals surface area contributed by atoms with E-state index < -0.39 is 0 Å². The van der Waals surface area contributed by atoms with E-state index in [2.05, 4.69) is 20.5 Å². The van der Waals surface area contributed by atoms with Crippen LogP contribution in [0.2, 0.25) is 0 Å². The van der Waals surface area contributed by atoms with E-state index in [1.165, 1.54) is 18.2 Å². The molecule has 2 heterocycles. The van der Waals surface area contributed by atoms with Gasteiger partial charge in [-0.25, -0.2) is 9.37 Å². The van der Waals surface area contributed by atoms with Crippen LogP contribution in [0.4, 0.5) is 4.39 Å². The van der Waals surface area contributed by atoms with Gasteiger partial charge in [-0.05, 0) is 35.9 Å². The number of halogens is 1. The lowest BCUT2D eigenvalue weighted by molar-refractivity contribution is -0.116. The monoisotopic (exact) mass is 296 g/mol. The van der Waals surface area contributed by atoms with Gasteiger partial charge in [0.25, 0.3) is 0 Å². The first-order valence-electron chi connectivity index (χ1n) is 6.72. The minimum Gasteiger partial charge on any atom is -0.348 e. The van der Waals surface area contributed by atoms with Gasteiger partial charge in [-0.2, -0.15) is 5.10 Å². The van der Waals surface area contributed by atoms with Crippen LogP contribution in [0, 0.1) is 5.82 Å². The van der Waals surface area contributed by atoms with E-state index in [1.807, 2.05) is 12.1 Å². The van der Waals surface area contributed by atoms with Gasteiger partial charge in [-0.15, -0.1) is 0 Å². The number of nitrogens with one attached hydrogen (secondary N) is 2. The van der Waals surface area contributed by atoms with Crippen LogP contribution in [0.15, 0.2) is 48.7 Å². The number of hydrogen-bond donors (Lipinski definition) is 2. The number of H-pyrrole nitrogens is 1. The second-order valence-electron chi connectivity index (χ2n) is 4.69. The Bertz CT molecular complexity index is 824. The van der Waals surface area contributed by atoms with Crippen molar-refractivity contribution in [1.82, 2.24) is 20.5 Å². The highest BCUT2D eigenvalue weighted by Gasteiger charge is 2.03. The average Bonchev–Trinajstić information content (AvgIpc) is 2.96.